The molecule has 0 aliphatic carbocycles. The van der Waals surface area contributed by atoms with Crippen molar-refractivity contribution < 1.29 is 4.21 Å². The van der Waals surface area contributed by atoms with Crippen LogP contribution in [0.15, 0.2) is 24.3 Å². The summed E-state index contributed by atoms with van der Waals surface area (Å²) < 4.78 is 11.6. The first kappa shape index (κ1) is 11.2. The molecule has 1 rings (SSSR count). The normalized spacial score (nSPS) is 13.1. The third-order valence-corrected chi connectivity index (χ3v) is 3.56. The summed E-state index contributed by atoms with van der Waals surface area (Å²) in [6.07, 6.45) is 0. The van der Waals surface area contributed by atoms with Crippen molar-refractivity contribution in [1.82, 2.24) is 0 Å². The van der Waals surface area contributed by atoms with Crippen LogP contribution in [0.25, 0.3) is 0 Å². The molecule has 0 aromatic heterocycles. The second kappa shape index (κ2) is 5.15. The summed E-state index contributed by atoms with van der Waals surface area (Å²) in [7, 11) is -0.791. The van der Waals surface area contributed by atoms with E-state index in [1.807, 2.05) is 24.3 Å². The van der Waals surface area contributed by atoms with Crippen LogP contribution in [-0.4, -0.2) is 9.96 Å². The van der Waals surface area contributed by atoms with Gasteiger partial charge in [-0.25, -0.2) is 0 Å². The number of rotatable bonds is 4. The van der Waals surface area contributed by atoms with Crippen LogP contribution in [0.4, 0.5) is 5.69 Å². The van der Waals surface area contributed by atoms with E-state index >= 15 is 0 Å². The molecule has 0 saturated carbocycles. The Bertz CT molecular complexity index is 323. The standard InChI is InChI=1S/C11H17NOS/c1-9(2)7-14(13)8-10-5-3-4-6-11(10)12/h3-6,9H,7-8,12H2,1-2H3. The van der Waals surface area contributed by atoms with Crippen LogP contribution < -0.4 is 5.73 Å². The van der Waals surface area contributed by atoms with Crippen LogP contribution in [0.2, 0.25) is 0 Å². The number of hydrogen-bond donors (Lipinski definition) is 1. The van der Waals surface area contributed by atoms with Crippen molar-refractivity contribution in [2.24, 2.45) is 5.92 Å². The molecule has 1 unspecified atom stereocenters. The van der Waals surface area contributed by atoms with E-state index in [1.54, 1.807) is 0 Å². The Morgan fingerprint density at radius 2 is 2.00 bits per heavy atom. The van der Waals surface area contributed by atoms with E-state index in [0.717, 1.165) is 17.0 Å². The Morgan fingerprint density at radius 1 is 1.36 bits per heavy atom. The van der Waals surface area contributed by atoms with Gasteiger partial charge in [-0.3, -0.25) is 4.21 Å². The summed E-state index contributed by atoms with van der Waals surface area (Å²) in [6.45, 7) is 4.15. The highest BCUT2D eigenvalue weighted by Crippen LogP contribution is 2.13. The van der Waals surface area contributed by atoms with Crippen LogP contribution in [0.3, 0.4) is 0 Å². The maximum absolute atomic E-state index is 11.6. The number of hydrogen-bond acceptors (Lipinski definition) is 2. The maximum Gasteiger partial charge on any atom is 0.0506 e. The van der Waals surface area contributed by atoms with E-state index in [2.05, 4.69) is 13.8 Å². The molecule has 2 N–H and O–H groups in total. The quantitative estimate of drug-likeness (QED) is 0.776. The fourth-order valence-corrected chi connectivity index (χ4v) is 2.74. The van der Waals surface area contributed by atoms with Gasteiger partial charge in [0.05, 0.1) is 5.75 Å². The van der Waals surface area contributed by atoms with Crippen molar-refractivity contribution in [3.8, 4) is 0 Å². The van der Waals surface area contributed by atoms with Crippen LogP contribution in [-0.2, 0) is 16.6 Å². The predicted molar refractivity (Wildman–Crippen MR) is 62.4 cm³/mol. The lowest BCUT2D eigenvalue weighted by Crippen LogP contribution is -2.07. The van der Waals surface area contributed by atoms with Crippen molar-refractivity contribution in [2.45, 2.75) is 19.6 Å². The summed E-state index contributed by atoms with van der Waals surface area (Å²) in [5.74, 6) is 1.79. The summed E-state index contributed by atoms with van der Waals surface area (Å²) >= 11 is 0. The molecule has 0 amide bonds. The molecule has 1 aromatic rings. The molecular formula is C11H17NOS. The minimum atomic E-state index is -0.791. The Labute approximate surface area is 88.0 Å². The SMILES string of the molecule is CC(C)CS(=O)Cc1ccccc1N. The predicted octanol–water partition coefficient (Wildman–Crippen LogP) is 2.17. The highest BCUT2D eigenvalue weighted by molar-refractivity contribution is 7.84. The molecule has 0 aliphatic heterocycles. The van der Waals surface area contributed by atoms with Gasteiger partial charge in [-0.05, 0) is 17.5 Å². The lowest BCUT2D eigenvalue weighted by Gasteiger charge is -2.07. The molecule has 0 bridgehead atoms. The van der Waals surface area contributed by atoms with Crippen molar-refractivity contribution in [3.05, 3.63) is 29.8 Å². The van der Waals surface area contributed by atoms with E-state index in [4.69, 9.17) is 5.73 Å². The van der Waals surface area contributed by atoms with Crippen LogP contribution in [0.5, 0.6) is 0 Å². The monoisotopic (exact) mass is 211 g/mol. The zero-order valence-electron chi connectivity index (χ0n) is 8.69. The van der Waals surface area contributed by atoms with Gasteiger partial charge < -0.3 is 5.73 Å². The third-order valence-electron chi connectivity index (χ3n) is 1.89. The molecule has 14 heavy (non-hydrogen) atoms. The summed E-state index contributed by atoms with van der Waals surface area (Å²) in [5.41, 5.74) is 7.50. The zero-order valence-corrected chi connectivity index (χ0v) is 9.51. The molecule has 2 nitrogen and oxygen atoms in total. The van der Waals surface area contributed by atoms with Gasteiger partial charge in [0.2, 0.25) is 0 Å². The van der Waals surface area contributed by atoms with Crippen molar-refractivity contribution in [2.75, 3.05) is 11.5 Å². The van der Waals surface area contributed by atoms with Gasteiger partial charge >= 0.3 is 0 Å². The number of nitrogen functional groups attached to an aromatic ring is 1. The highest BCUT2D eigenvalue weighted by Gasteiger charge is 2.06. The summed E-state index contributed by atoms with van der Waals surface area (Å²) in [4.78, 5) is 0. The average Bonchev–Trinajstić information content (AvgIpc) is 2.07. The number of anilines is 1. The van der Waals surface area contributed by atoms with Gasteiger partial charge in [-0.15, -0.1) is 0 Å². The average molecular weight is 211 g/mol. The number of para-hydroxylation sites is 1. The van der Waals surface area contributed by atoms with Gasteiger partial charge in [-0.2, -0.15) is 0 Å². The van der Waals surface area contributed by atoms with Gasteiger partial charge in [0.25, 0.3) is 0 Å². The summed E-state index contributed by atoms with van der Waals surface area (Å²) in [5, 5.41) is 0. The second-order valence-corrected chi connectivity index (χ2v) is 5.35. The first-order valence-electron chi connectivity index (χ1n) is 4.78. The zero-order chi connectivity index (χ0) is 10.6. The van der Waals surface area contributed by atoms with Crippen molar-refractivity contribution >= 4 is 16.5 Å². The van der Waals surface area contributed by atoms with Gasteiger partial charge in [0, 0.05) is 22.2 Å². The van der Waals surface area contributed by atoms with E-state index in [1.165, 1.54) is 0 Å². The van der Waals surface area contributed by atoms with E-state index < -0.39 is 10.8 Å². The molecule has 3 heteroatoms. The van der Waals surface area contributed by atoms with Crippen molar-refractivity contribution in [3.63, 3.8) is 0 Å². The third kappa shape index (κ3) is 3.50. The largest absolute Gasteiger partial charge is 0.398 e. The second-order valence-electron chi connectivity index (χ2n) is 3.84. The van der Waals surface area contributed by atoms with Crippen LogP contribution in [0, 0.1) is 5.92 Å². The Kier molecular flexibility index (Phi) is 4.14. The minimum Gasteiger partial charge on any atom is -0.398 e. The van der Waals surface area contributed by atoms with Crippen LogP contribution in [0.1, 0.15) is 19.4 Å². The fraction of sp³-hybridized carbons (Fsp3) is 0.455. The lowest BCUT2D eigenvalue weighted by atomic mass is 10.2. The Hall–Kier alpha value is -0.830. The first-order chi connectivity index (χ1) is 6.59. The summed E-state index contributed by atoms with van der Waals surface area (Å²) in [6, 6.07) is 7.61. The molecule has 0 spiro atoms. The molecule has 1 atom stereocenters. The smallest absolute Gasteiger partial charge is 0.0506 e. The molecule has 0 radical (unpaired) electrons. The van der Waals surface area contributed by atoms with Gasteiger partial charge in [0.15, 0.2) is 0 Å². The number of nitrogens with two attached hydrogens (primary N) is 1. The fourth-order valence-electron chi connectivity index (χ4n) is 1.27. The maximum atomic E-state index is 11.6. The van der Waals surface area contributed by atoms with E-state index in [0.29, 0.717) is 11.7 Å². The molecule has 0 fully saturated rings. The van der Waals surface area contributed by atoms with Crippen molar-refractivity contribution in [1.29, 1.82) is 0 Å². The first-order valence-corrected chi connectivity index (χ1v) is 6.26. The van der Waals surface area contributed by atoms with Gasteiger partial charge in [0.1, 0.15) is 0 Å². The van der Waals surface area contributed by atoms with E-state index in [-0.39, 0.29) is 0 Å². The van der Waals surface area contributed by atoms with Crippen LogP contribution >= 0.6 is 0 Å². The molecular weight excluding hydrogens is 194 g/mol. The Balaban J connectivity index is 2.61. The topological polar surface area (TPSA) is 43.1 Å². The minimum absolute atomic E-state index is 0.473. The molecule has 78 valence electrons. The van der Waals surface area contributed by atoms with E-state index in [9.17, 15) is 4.21 Å². The lowest BCUT2D eigenvalue weighted by molar-refractivity contribution is 0.664. The number of benzene rings is 1. The Morgan fingerprint density at radius 3 is 2.57 bits per heavy atom. The van der Waals surface area contributed by atoms with Gasteiger partial charge in [-0.1, -0.05) is 32.0 Å². The molecule has 0 heterocycles. The molecule has 0 aliphatic rings. The highest BCUT2D eigenvalue weighted by atomic mass is 32.2. The molecule has 1 aromatic carbocycles. The molecule has 0 saturated heterocycles.